The number of nitrogens with zero attached hydrogens (tertiary/aromatic N) is 1. The van der Waals surface area contributed by atoms with Crippen LogP contribution < -0.4 is 5.56 Å². The van der Waals surface area contributed by atoms with Gasteiger partial charge in [-0.15, -0.1) is 0 Å². The molecule has 6 heteroatoms. The summed E-state index contributed by atoms with van der Waals surface area (Å²) < 4.78 is 5.37. The molecule has 0 saturated carbocycles. The van der Waals surface area contributed by atoms with Gasteiger partial charge in [0.1, 0.15) is 12.4 Å². The second kappa shape index (κ2) is 5.92. The van der Waals surface area contributed by atoms with E-state index in [0.717, 1.165) is 11.6 Å². The van der Waals surface area contributed by atoms with Crippen LogP contribution in [0.5, 0.6) is 0 Å². The number of carboxylic acids is 1. The van der Waals surface area contributed by atoms with Crippen molar-refractivity contribution in [3.05, 3.63) is 63.8 Å². The number of ether oxygens (including phenoxy) is 1. The zero-order chi connectivity index (χ0) is 13.7. The minimum atomic E-state index is -1.24. The number of nitrogens with one attached hydrogen (secondary N) is 1. The first-order chi connectivity index (χ1) is 9.15. The third-order valence-corrected chi connectivity index (χ3v) is 2.36. The number of aromatic carboxylic acids is 1. The van der Waals surface area contributed by atoms with E-state index in [1.165, 1.54) is 0 Å². The van der Waals surface area contributed by atoms with Gasteiger partial charge in [-0.05, 0) is 5.56 Å². The lowest BCUT2D eigenvalue weighted by Gasteiger charge is -2.04. The van der Waals surface area contributed by atoms with Gasteiger partial charge in [0.25, 0.3) is 5.56 Å². The van der Waals surface area contributed by atoms with Crippen LogP contribution >= 0.6 is 0 Å². The minimum absolute atomic E-state index is 0.0469. The molecule has 0 aliphatic carbocycles. The lowest BCUT2D eigenvalue weighted by molar-refractivity contribution is 0.0686. The average Bonchev–Trinajstić information content (AvgIpc) is 2.39. The normalized spacial score (nSPS) is 10.3. The Balaban J connectivity index is 2.00. The summed E-state index contributed by atoms with van der Waals surface area (Å²) in [5, 5.41) is 8.78. The predicted molar refractivity (Wildman–Crippen MR) is 66.8 cm³/mol. The lowest BCUT2D eigenvalue weighted by Crippen LogP contribution is -2.16. The van der Waals surface area contributed by atoms with Crippen LogP contribution in [0.1, 0.15) is 21.9 Å². The zero-order valence-corrected chi connectivity index (χ0v) is 10.00. The second-order valence-corrected chi connectivity index (χ2v) is 3.86. The van der Waals surface area contributed by atoms with E-state index >= 15 is 0 Å². The fourth-order valence-corrected chi connectivity index (χ4v) is 1.53. The van der Waals surface area contributed by atoms with E-state index in [-0.39, 0.29) is 18.1 Å². The van der Waals surface area contributed by atoms with Crippen LogP contribution in [0.4, 0.5) is 0 Å². The molecule has 1 aromatic carbocycles. The maximum atomic E-state index is 11.2. The Hall–Kier alpha value is -2.47. The van der Waals surface area contributed by atoms with Crippen LogP contribution in [-0.2, 0) is 18.0 Å². The van der Waals surface area contributed by atoms with Crippen molar-refractivity contribution in [1.82, 2.24) is 9.97 Å². The molecular formula is C13H12N2O4. The quantitative estimate of drug-likeness (QED) is 0.842. The first kappa shape index (κ1) is 13.0. The molecule has 0 saturated heterocycles. The van der Waals surface area contributed by atoms with Gasteiger partial charge in [-0.2, -0.15) is 0 Å². The summed E-state index contributed by atoms with van der Waals surface area (Å²) in [4.78, 5) is 28.2. The number of rotatable bonds is 5. The monoisotopic (exact) mass is 260 g/mol. The molecule has 19 heavy (non-hydrogen) atoms. The largest absolute Gasteiger partial charge is 0.477 e. The smallest absolute Gasteiger partial charge is 0.354 e. The summed E-state index contributed by atoms with van der Waals surface area (Å²) >= 11 is 0. The molecule has 2 rings (SSSR count). The Bertz CT molecular complexity index is 622. The van der Waals surface area contributed by atoms with Crippen LogP contribution in [-0.4, -0.2) is 21.0 Å². The second-order valence-electron chi connectivity index (χ2n) is 3.86. The van der Waals surface area contributed by atoms with Crippen molar-refractivity contribution in [3.8, 4) is 0 Å². The maximum absolute atomic E-state index is 11.2. The molecule has 6 nitrogen and oxygen atoms in total. The van der Waals surface area contributed by atoms with Gasteiger partial charge in [0.2, 0.25) is 0 Å². The standard InChI is InChI=1S/C13H12N2O4/c16-12-6-10(13(17)18)14-11(15-12)8-19-7-9-4-2-1-3-5-9/h1-6H,7-8H2,(H,17,18)(H,14,15,16). The van der Waals surface area contributed by atoms with Crippen molar-refractivity contribution in [3.63, 3.8) is 0 Å². The molecule has 0 aliphatic heterocycles. The number of hydrogen-bond donors (Lipinski definition) is 2. The topological polar surface area (TPSA) is 92.3 Å². The van der Waals surface area contributed by atoms with Gasteiger partial charge in [-0.1, -0.05) is 30.3 Å². The van der Waals surface area contributed by atoms with Crippen molar-refractivity contribution < 1.29 is 14.6 Å². The van der Waals surface area contributed by atoms with Crippen LogP contribution in [0.15, 0.2) is 41.2 Å². The van der Waals surface area contributed by atoms with Gasteiger partial charge in [0.15, 0.2) is 5.69 Å². The maximum Gasteiger partial charge on any atom is 0.354 e. The van der Waals surface area contributed by atoms with Crippen LogP contribution in [0.25, 0.3) is 0 Å². The average molecular weight is 260 g/mol. The molecule has 0 bridgehead atoms. The number of carbonyl (C=O) groups is 1. The summed E-state index contributed by atoms with van der Waals surface area (Å²) in [7, 11) is 0. The van der Waals surface area contributed by atoms with Gasteiger partial charge in [0, 0.05) is 6.07 Å². The lowest BCUT2D eigenvalue weighted by atomic mass is 10.2. The van der Waals surface area contributed by atoms with E-state index < -0.39 is 11.5 Å². The molecular weight excluding hydrogens is 248 g/mol. The summed E-state index contributed by atoms with van der Waals surface area (Å²) in [5.74, 6) is -1.05. The van der Waals surface area contributed by atoms with E-state index in [0.29, 0.717) is 6.61 Å². The van der Waals surface area contributed by atoms with E-state index in [4.69, 9.17) is 9.84 Å². The van der Waals surface area contributed by atoms with Crippen molar-refractivity contribution in [2.75, 3.05) is 0 Å². The van der Waals surface area contributed by atoms with Crippen molar-refractivity contribution in [2.24, 2.45) is 0 Å². The summed E-state index contributed by atoms with van der Waals surface area (Å²) in [6, 6.07) is 10.4. The molecule has 1 aromatic heterocycles. The van der Waals surface area contributed by atoms with E-state index in [9.17, 15) is 9.59 Å². The SMILES string of the molecule is O=C(O)c1cc(=O)[nH]c(COCc2ccccc2)n1. The van der Waals surface area contributed by atoms with Gasteiger partial charge in [-0.3, -0.25) is 4.79 Å². The number of aromatic amines is 1. The Labute approximate surface area is 108 Å². The Morgan fingerprint density at radius 2 is 2.00 bits per heavy atom. The van der Waals surface area contributed by atoms with Crippen LogP contribution in [0.2, 0.25) is 0 Å². The van der Waals surface area contributed by atoms with E-state index in [1.54, 1.807) is 0 Å². The summed E-state index contributed by atoms with van der Waals surface area (Å²) in [6.45, 7) is 0.410. The molecule has 2 N–H and O–H groups in total. The number of H-pyrrole nitrogens is 1. The molecule has 2 aromatic rings. The molecule has 0 amide bonds. The number of carboxylic acid groups (broad SMARTS) is 1. The van der Waals surface area contributed by atoms with E-state index in [2.05, 4.69) is 9.97 Å². The molecule has 0 fully saturated rings. The highest BCUT2D eigenvalue weighted by Gasteiger charge is 2.08. The fourth-order valence-electron chi connectivity index (χ4n) is 1.53. The Kier molecular flexibility index (Phi) is 4.04. The predicted octanol–water partition coefficient (Wildman–Crippen LogP) is 1.18. The van der Waals surface area contributed by atoms with E-state index in [1.807, 2.05) is 30.3 Å². The Morgan fingerprint density at radius 1 is 1.26 bits per heavy atom. The van der Waals surface area contributed by atoms with Crippen molar-refractivity contribution in [2.45, 2.75) is 13.2 Å². The van der Waals surface area contributed by atoms with Crippen molar-refractivity contribution >= 4 is 5.97 Å². The highest BCUT2D eigenvalue weighted by molar-refractivity contribution is 5.85. The van der Waals surface area contributed by atoms with Crippen molar-refractivity contribution in [1.29, 1.82) is 0 Å². The Morgan fingerprint density at radius 3 is 2.68 bits per heavy atom. The van der Waals surface area contributed by atoms with Crippen LogP contribution in [0.3, 0.4) is 0 Å². The highest BCUT2D eigenvalue weighted by atomic mass is 16.5. The highest BCUT2D eigenvalue weighted by Crippen LogP contribution is 2.02. The third kappa shape index (κ3) is 3.75. The fraction of sp³-hybridized carbons (Fsp3) is 0.154. The first-order valence-corrected chi connectivity index (χ1v) is 5.60. The minimum Gasteiger partial charge on any atom is -0.477 e. The summed E-state index contributed by atoms with van der Waals surface area (Å²) in [6.07, 6.45) is 0. The summed E-state index contributed by atoms with van der Waals surface area (Å²) in [5.41, 5.74) is 0.187. The number of hydrogen-bond acceptors (Lipinski definition) is 4. The molecule has 0 unspecified atom stereocenters. The molecule has 0 spiro atoms. The van der Waals surface area contributed by atoms with Gasteiger partial charge in [-0.25, -0.2) is 9.78 Å². The molecule has 0 radical (unpaired) electrons. The first-order valence-electron chi connectivity index (χ1n) is 5.60. The third-order valence-electron chi connectivity index (χ3n) is 2.36. The molecule has 0 aliphatic rings. The van der Waals surface area contributed by atoms with Gasteiger partial charge >= 0.3 is 5.97 Å². The van der Waals surface area contributed by atoms with Gasteiger partial charge in [0.05, 0.1) is 6.61 Å². The molecule has 0 atom stereocenters. The zero-order valence-electron chi connectivity index (χ0n) is 10.00. The van der Waals surface area contributed by atoms with Gasteiger partial charge < -0.3 is 14.8 Å². The van der Waals surface area contributed by atoms with Crippen LogP contribution in [0, 0.1) is 0 Å². The number of aromatic nitrogens is 2. The molecule has 1 heterocycles. The number of benzene rings is 1. The molecule has 98 valence electrons.